The van der Waals surface area contributed by atoms with E-state index in [1.54, 1.807) is 12.5 Å². The fourth-order valence-corrected chi connectivity index (χ4v) is 1.82. The third-order valence-electron chi connectivity index (χ3n) is 2.55. The summed E-state index contributed by atoms with van der Waals surface area (Å²) in [5.41, 5.74) is 10.8. The van der Waals surface area contributed by atoms with Gasteiger partial charge in [0, 0.05) is 11.3 Å². The van der Waals surface area contributed by atoms with Crippen LogP contribution in [0.1, 0.15) is 16.8 Å². The number of fused-ring (bicyclic) bond motifs is 1. The van der Waals surface area contributed by atoms with Gasteiger partial charge in [-0.3, -0.25) is 4.99 Å². The van der Waals surface area contributed by atoms with Crippen molar-refractivity contribution < 1.29 is 0 Å². The quantitative estimate of drug-likeness (QED) is 0.679. The van der Waals surface area contributed by atoms with Gasteiger partial charge < -0.3 is 10.7 Å². The Morgan fingerprint density at radius 3 is 3.07 bits per heavy atom. The van der Waals surface area contributed by atoms with E-state index in [9.17, 15) is 0 Å². The average Bonchev–Trinajstić information content (AvgIpc) is 2.83. The summed E-state index contributed by atoms with van der Waals surface area (Å²) in [4.78, 5) is 11.5. The van der Waals surface area contributed by atoms with Gasteiger partial charge in [0.1, 0.15) is 0 Å². The molecule has 0 saturated carbocycles. The Bertz CT molecular complexity index is 526. The molecule has 74 valence electrons. The van der Waals surface area contributed by atoms with Crippen molar-refractivity contribution in [1.82, 2.24) is 9.97 Å². The van der Waals surface area contributed by atoms with Crippen LogP contribution in [0.3, 0.4) is 0 Å². The molecule has 0 radical (unpaired) electrons. The van der Waals surface area contributed by atoms with E-state index >= 15 is 0 Å². The normalized spacial score (nSPS) is 13.7. The number of nitrogens with one attached hydrogen (secondary N) is 1. The molecule has 1 aromatic heterocycles. The largest absolute Gasteiger partial charge is 0.399 e. The van der Waals surface area contributed by atoms with Crippen molar-refractivity contribution in [3.63, 3.8) is 0 Å². The Balaban J connectivity index is 2.14. The van der Waals surface area contributed by atoms with E-state index in [0.717, 1.165) is 29.2 Å². The molecule has 1 aliphatic heterocycles. The van der Waals surface area contributed by atoms with Crippen LogP contribution in [-0.4, -0.2) is 15.7 Å². The van der Waals surface area contributed by atoms with E-state index in [-0.39, 0.29) is 0 Å². The van der Waals surface area contributed by atoms with Crippen molar-refractivity contribution in [2.45, 2.75) is 6.54 Å². The summed E-state index contributed by atoms with van der Waals surface area (Å²) in [6, 6.07) is 5.89. The molecule has 4 heteroatoms. The Hall–Kier alpha value is -2.10. The van der Waals surface area contributed by atoms with E-state index in [1.165, 1.54) is 5.56 Å². The van der Waals surface area contributed by atoms with Crippen LogP contribution in [0.5, 0.6) is 0 Å². The molecule has 0 unspecified atom stereocenters. The lowest BCUT2D eigenvalue weighted by molar-refractivity contribution is 1.11. The maximum Gasteiger partial charge on any atom is 0.0924 e. The topological polar surface area (TPSA) is 67.1 Å². The first-order chi connectivity index (χ1) is 7.34. The molecule has 0 saturated heterocycles. The SMILES string of the molecule is Nc1ccc2c(c1)C(c1cnc[nH]1)=NC2. The fraction of sp³-hybridized carbons (Fsp3) is 0.0909. The second-order valence-corrected chi connectivity index (χ2v) is 3.55. The summed E-state index contributed by atoms with van der Waals surface area (Å²) in [6.07, 6.45) is 3.43. The highest BCUT2D eigenvalue weighted by atomic mass is 14.9. The van der Waals surface area contributed by atoms with Gasteiger partial charge >= 0.3 is 0 Å². The Morgan fingerprint density at radius 2 is 2.27 bits per heavy atom. The van der Waals surface area contributed by atoms with Crippen LogP contribution in [0, 0.1) is 0 Å². The summed E-state index contributed by atoms with van der Waals surface area (Å²) in [7, 11) is 0. The van der Waals surface area contributed by atoms with Crippen molar-refractivity contribution in [2.24, 2.45) is 4.99 Å². The van der Waals surface area contributed by atoms with Gasteiger partial charge in [0.05, 0.1) is 30.5 Å². The van der Waals surface area contributed by atoms with E-state index in [4.69, 9.17) is 5.73 Å². The molecule has 0 amide bonds. The zero-order valence-electron chi connectivity index (χ0n) is 8.07. The highest BCUT2D eigenvalue weighted by Crippen LogP contribution is 2.23. The standard InChI is InChI=1S/C11H10N4/c12-8-2-1-7-4-14-11(9(7)3-8)10-5-13-6-15-10/h1-3,5-6H,4,12H2,(H,13,15). The maximum absolute atomic E-state index is 5.77. The molecule has 2 aromatic rings. The van der Waals surface area contributed by atoms with E-state index < -0.39 is 0 Å². The number of hydrogen-bond acceptors (Lipinski definition) is 3. The lowest BCUT2D eigenvalue weighted by Gasteiger charge is -2.02. The Labute approximate surface area is 86.9 Å². The van der Waals surface area contributed by atoms with Crippen LogP contribution in [0.2, 0.25) is 0 Å². The number of nitrogen functional groups attached to an aromatic ring is 1. The second kappa shape index (κ2) is 2.95. The summed E-state index contributed by atoms with van der Waals surface area (Å²) in [6.45, 7) is 0.726. The van der Waals surface area contributed by atoms with Gasteiger partial charge in [0.2, 0.25) is 0 Å². The first-order valence-corrected chi connectivity index (χ1v) is 4.76. The second-order valence-electron chi connectivity index (χ2n) is 3.55. The van der Waals surface area contributed by atoms with Crippen LogP contribution in [0.15, 0.2) is 35.7 Å². The van der Waals surface area contributed by atoms with Crippen molar-refractivity contribution in [1.29, 1.82) is 0 Å². The van der Waals surface area contributed by atoms with Gasteiger partial charge in [0.15, 0.2) is 0 Å². The molecule has 15 heavy (non-hydrogen) atoms. The molecular weight excluding hydrogens is 188 g/mol. The number of anilines is 1. The highest BCUT2D eigenvalue weighted by Gasteiger charge is 2.18. The van der Waals surface area contributed by atoms with Crippen LogP contribution in [0.25, 0.3) is 0 Å². The summed E-state index contributed by atoms with van der Waals surface area (Å²) in [5, 5.41) is 0. The zero-order chi connectivity index (χ0) is 10.3. The summed E-state index contributed by atoms with van der Waals surface area (Å²) >= 11 is 0. The third kappa shape index (κ3) is 1.22. The van der Waals surface area contributed by atoms with Crippen LogP contribution in [0.4, 0.5) is 5.69 Å². The van der Waals surface area contributed by atoms with Gasteiger partial charge in [-0.05, 0) is 17.7 Å². The molecule has 3 N–H and O–H groups in total. The molecule has 0 spiro atoms. The minimum absolute atomic E-state index is 0.726. The smallest absolute Gasteiger partial charge is 0.0924 e. The first-order valence-electron chi connectivity index (χ1n) is 4.76. The molecular formula is C11H10N4. The highest BCUT2D eigenvalue weighted by molar-refractivity contribution is 6.14. The van der Waals surface area contributed by atoms with Gasteiger partial charge in [-0.25, -0.2) is 4.98 Å². The average molecular weight is 198 g/mol. The summed E-state index contributed by atoms with van der Waals surface area (Å²) < 4.78 is 0. The lowest BCUT2D eigenvalue weighted by Crippen LogP contribution is -2.02. The Kier molecular flexibility index (Phi) is 1.62. The molecule has 0 bridgehead atoms. The molecule has 1 aromatic carbocycles. The van der Waals surface area contributed by atoms with E-state index in [2.05, 4.69) is 15.0 Å². The lowest BCUT2D eigenvalue weighted by atomic mass is 10.0. The molecule has 1 aliphatic rings. The van der Waals surface area contributed by atoms with Crippen molar-refractivity contribution in [3.8, 4) is 0 Å². The fourth-order valence-electron chi connectivity index (χ4n) is 1.82. The minimum atomic E-state index is 0.726. The monoisotopic (exact) mass is 198 g/mol. The van der Waals surface area contributed by atoms with E-state index in [0.29, 0.717) is 0 Å². The van der Waals surface area contributed by atoms with Crippen LogP contribution < -0.4 is 5.73 Å². The van der Waals surface area contributed by atoms with Gasteiger partial charge in [-0.1, -0.05) is 6.07 Å². The molecule has 0 aliphatic carbocycles. The first kappa shape index (κ1) is 8.23. The molecule has 0 fully saturated rings. The van der Waals surface area contributed by atoms with Crippen LogP contribution >= 0.6 is 0 Å². The summed E-state index contributed by atoms with van der Waals surface area (Å²) in [5.74, 6) is 0. The van der Waals surface area contributed by atoms with Gasteiger partial charge in [-0.2, -0.15) is 0 Å². The number of rotatable bonds is 1. The predicted octanol–water partition coefficient (Wildman–Crippen LogP) is 1.34. The van der Waals surface area contributed by atoms with Crippen molar-refractivity contribution in [2.75, 3.05) is 5.73 Å². The minimum Gasteiger partial charge on any atom is -0.399 e. The zero-order valence-corrected chi connectivity index (χ0v) is 8.07. The molecule has 2 heterocycles. The van der Waals surface area contributed by atoms with Crippen molar-refractivity contribution >= 4 is 11.4 Å². The van der Waals surface area contributed by atoms with E-state index in [1.807, 2.05) is 18.2 Å². The number of nitrogens with two attached hydrogens (primary N) is 1. The third-order valence-corrected chi connectivity index (χ3v) is 2.55. The number of aliphatic imine (C=N–C) groups is 1. The van der Waals surface area contributed by atoms with Crippen molar-refractivity contribution in [3.05, 3.63) is 47.5 Å². The number of nitrogens with zero attached hydrogens (tertiary/aromatic N) is 2. The Morgan fingerprint density at radius 1 is 1.33 bits per heavy atom. The molecule has 0 atom stereocenters. The van der Waals surface area contributed by atoms with Crippen LogP contribution in [-0.2, 0) is 6.54 Å². The predicted molar refractivity (Wildman–Crippen MR) is 58.8 cm³/mol. The molecule has 3 rings (SSSR count). The maximum atomic E-state index is 5.77. The number of imidazole rings is 1. The molecule has 4 nitrogen and oxygen atoms in total. The number of benzene rings is 1. The number of aromatic amines is 1. The van der Waals surface area contributed by atoms with Gasteiger partial charge in [0.25, 0.3) is 0 Å². The number of hydrogen-bond donors (Lipinski definition) is 2. The van der Waals surface area contributed by atoms with Gasteiger partial charge in [-0.15, -0.1) is 0 Å². The number of H-pyrrole nitrogens is 1. The number of aromatic nitrogens is 2.